The SMILES string of the molecule is Cc1[nH]c2ccccc2c1CCNC1CCN(c2ncc(C(=O)O)cn2)CC1. The fourth-order valence-corrected chi connectivity index (χ4v) is 3.94. The molecule has 2 aromatic heterocycles. The molecular weight excluding hydrogens is 354 g/mol. The summed E-state index contributed by atoms with van der Waals surface area (Å²) in [4.78, 5) is 24.9. The van der Waals surface area contributed by atoms with Crippen LogP contribution in [-0.4, -0.2) is 51.7 Å². The Bertz CT molecular complexity index is 959. The topological polar surface area (TPSA) is 94.1 Å². The molecule has 28 heavy (non-hydrogen) atoms. The molecular formula is C21H25N5O2. The summed E-state index contributed by atoms with van der Waals surface area (Å²) in [7, 11) is 0. The van der Waals surface area contributed by atoms with Crippen LogP contribution < -0.4 is 10.2 Å². The Balaban J connectivity index is 1.27. The van der Waals surface area contributed by atoms with Crippen LogP contribution in [0.2, 0.25) is 0 Å². The first-order valence-corrected chi connectivity index (χ1v) is 9.71. The first-order chi connectivity index (χ1) is 13.6. The average molecular weight is 379 g/mol. The van der Waals surface area contributed by atoms with Gasteiger partial charge in [-0.1, -0.05) is 18.2 Å². The molecule has 3 heterocycles. The number of hydrogen-bond acceptors (Lipinski definition) is 5. The van der Waals surface area contributed by atoms with Gasteiger partial charge in [-0.3, -0.25) is 0 Å². The van der Waals surface area contributed by atoms with E-state index >= 15 is 0 Å². The van der Waals surface area contributed by atoms with Crippen LogP contribution in [-0.2, 0) is 6.42 Å². The molecule has 0 aliphatic carbocycles. The molecule has 3 N–H and O–H groups in total. The third-order valence-electron chi connectivity index (χ3n) is 5.50. The lowest BCUT2D eigenvalue weighted by Gasteiger charge is -2.32. The molecule has 0 radical (unpaired) electrons. The van der Waals surface area contributed by atoms with E-state index in [-0.39, 0.29) is 5.56 Å². The molecule has 1 aromatic carbocycles. The van der Waals surface area contributed by atoms with Crippen LogP contribution in [0.25, 0.3) is 10.9 Å². The Morgan fingerprint density at radius 3 is 2.68 bits per heavy atom. The molecule has 4 rings (SSSR count). The number of piperidine rings is 1. The molecule has 1 aliphatic rings. The number of fused-ring (bicyclic) bond motifs is 1. The fraction of sp³-hybridized carbons (Fsp3) is 0.381. The number of carboxylic acid groups (broad SMARTS) is 1. The number of anilines is 1. The van der Waals surface area contributed by atoms with Crippen LogP contribution in [0.5, 0.6) is 0 Å². The van der Waals surface area contributed by atoms with Crippen LogP contribution in [0.4, 0.5) is 5.95 Å². The van der Waals surface area contributed by atoms with E-state index in [2.05, 4.69) is 56.4 Å². The number of rotatable bonds is 6. The van der Waals surface area contributed by atoms with Gasteiger partial charge in [0.1, 0.15) is 0 Å². The van der Waals surface area contributed by atoms with Gasteiger partial charge in [-0.25, -0.2) is 14.8 Å². The van der Waals surface area contributed by atoms with Crippen molar-refractivity contribution in [3.05, 3.63) is 53.5 Å². The van der Waals surface area contributed by atoms with Crippen molar-refractivity contribution in [2.24, 2.45) is 0 Å². The molecule has 1 aliphatic heterocycles. The first kappa shape index (κ1) is 18.4. The maximum Gasteiger partial charge on any atom is 0.338 e. The van der Waals surface area contributed by atoms with Gasteiger partial charge in [0.25, 0.3) is 0 Å². The number of aromatic amines is 1. The van der Waals surface area contributed by atoms with E-state index in [1.165, 1.54) is 34.6 Å². The Hall–Kier alpha value is -2.93. The molecule has 7 nitrogen and oxygen atoms in total. The van der Waals surface area contributed by atoms with Crippen molar-refractivity contribution in [2.75, 3.05) is 24.5 Å². The van der Waals surface area contributed by atoms with Crippen molar-refractivity contribution < 1.29 is 9.90 Å². The number of aryl methyl sites for hydroxylation is 1. The van der Waals surface area contributed by atoms with Crippen LogP contribution in [0.3, 0.4) is 0 Å². The minimum atomic E-state index is -1.00. The molecule has 3 aromatic rings. The maximum absolute atomic E-state index is 10.9. The molecule has 7 heteroatoms. The number of hydrogen-bond donors (Lipinski definition) is 3. The van der Waals surface area contributed by atoms with Crippen LogP contribution in [0.1, 0.15) is 34.5 Å². The van der Waals surface area contributed by atoms with Gasteiger partial charge in [0.05, 0.1) is 5.56 Å². The van der Waals surface area contributed by atoms with Crippen LogP contribution >= 0.6 is 0 Å². The molecule has 0 bridgehead atoms. The van der Waals surface area contributed by atoms with Gasteiger partial charge in [-0.15, -0.1) is 0 Å². The second kappa shape index (κ2) is 7.98. The lowest BCUT2D eigenvalue weighted by Crippen LogP contribution is -2.43. The summed E-state index contributed by atoms with van der Waals surface area (Å²) in [5.74, 6) is -0.391. The third kappa shape index (κ3) is 3.84. The number of aromatic carboxylic acids is 1. The van der Waals surface area contributed by atoms with E-state index in [9.17, 15) is 4.79 Å². The van der Waals surface area contributed by atoms with Gasteiger partial charge >= 0.3 is 5.97 Å². The molecule has 0 unspecified atom stereocenters. The van der Waals surface area contributed by atoms with Crippen molar-refractivity contribution >= 4 is 22.8 Å². The van der Waals surface area contributed by atoms with Gasteiger partial charge in [0.2, 0.25) is 5.95 Å². The Kier molecular flexibility index (Phi) is 5.25. The van der Waals surface area contributed by atoms with E-state index < -0.39 is 5.97 Å². The lowest BCUT2D eigenvalue weighted by molar-refractivity contribution is 0.0696. The first-order valence-electron chi connectivity index (χ1n) is 9.71. The summed E-state index contributed by atoms with van der Waals surface area (Å²) < 4.78 is 0. The van der Waals surface area contributed by atoms with E-state index in [0.29, 0.717) is 12.0 Å². The number of carboxylic acids is 1. The molecule has 1 fully saturated rings. The van der Waals surface area contributed by atoms with Gasteiger partial charge in [0.15, 0.2) is 0 Å². The molecule has 0 spiro atoms. The third-order valence-corrected chi connectivity index (χ3v) is 5.50. The summed E-state index contributed by atoms with van der Waals surface area (Å²) in [6.07, 6.45) is 5.81. The summed E-state index contributed by atoms with van der Waals surface area (Å²) in [6, 6.07) is 8.95. The number of aromatic nitrogens is 3. The van der Waals surface area contributed by atoms with Crippen LogP contribution in [0.15, 0.2) is 36.7 Å². The van der Waals surface area contributed by atoms with Gasteiger partial charge in [0, 0.05) is 48.1 Å². The molecule has 0 amide bonds. The molecule has 0 atom stereocenters. The predicted molar refractivity (Wildman–Crippen MR) is 109 cm³/mol. The highest BCUT2D eigenvalue weighted by atomic mass is 16.4. The zero-order valence-corrected chi connectivity index (χ0v) is 16.0. The van der Waals surface area contributed by atoms with Gasteiger partial charge in [-0.2, -0.15) is 0 Å². The average Bonchev–Trinajstić information content (AvgIpc) is 3.04. The summed E-state index contributed by atoms with van der Waals surface area (Å²) >= 11 is 0. The number of nitrogens with one attached hydrogen (secondary N) is 2. The summed E-state index contributed by atoms with van der Waals surface area (Å²) in [5.41, 5.74) is 3.97. The van der Waals surface area contributed by atoms with Crippen molar-refractivity contribution in [3.63, 3.8) is 0 Å². The van der Waals surface area contributed by atoms with E-state index in [4.69, 9.17) is 5.11 Å². The number of H-pyrrole nitrogens is 1. The number of carbonyl (C=O) groups is 1. The Labute approximate surface area is 163 Å². The largest absolute Gasteiger partial charge is 0.478 e. The van der Waals surface area contributed by atoms with Gasteiger partial charge in [-0.05, 0) is 44.4 Å². The van der Waals surface area contributed by atoms with E-state index in [1.807, 2.05) is 0 Å². The molecule has 1 saturated heterocycles. The van der Waals surface area contributed by atoms with E-state index in [1.54, 1.807) is 0 Å². The standard InChI is InChI=1S/C21H25N5O2/c1-14-17(18-4-2-3-5-19(18)25-14)6-9-22-16-7-10-26(11-8-16)21-23-12-15(13-24-21)20(27)28/h2-5,12-13,16,22,25H,6-11H2,1H3,(H,27,28). The minimum absolute atomic E-state index is 0.118. The van der Waals surface area contributed by atoms with Crippen LogP contribution in [0, 0.1) is 6.92 Å². The van der Waals surface area contributed by atoms with Crippen molar-refractivity contribution in [3.8, 4) is 0 Å². The number of para-hydroxylation sites is 1. The number of benzene rings is 1. The van der Waals surface area contributed by atoms with Crippen molar-refractivity contribution in [1.29, 1.82) is 0 Å². The van der Waals surface area contributed by atoms with Gasteiger partial charge < -0.3 is 20.3 Å². The monoisotopic (exact) mass is 379 g/mol. The maximum atomic E-state index is 10.9. The molecule has 0 saturated carbocycles. The smallest absolute Gasteiger partial charge is 0.338 e. The highest BCUT2D eigenvalue weighted by molar-refractivity contribution is 5.86. The normalized spacial score (nSPS) is 15.2. The predicted octanol–water partition coefficient (Wildman–Crippen LogP) is 2.77. The summed E-state index contributed by atoms with van der Waals surface area (Å²) in [5, 5.41) is 14.0. The molecule has 146 valence electrons. The zero-order valence-electron chi connectivity index (χ0n) is 16.0. The highest BCUT2D eigenvalue weighted by Gasteiger charge is 2.21. The number of nitrogens with zero attached hydrogens (tertiary/aromatic N) is 3. The quantitative estimate of drug-likeness (QED) is 0.610. The van der Waals surface area contributed by atoms with Crippen molar-refractivity contribution in [1.82, 2.24) is 20.3 Å². The lowest BCUT2D eigenvalue weighted by atomic mass is 10.0. The minimum Gasteiger partial charge on any atom is -0.478 e. The zero-order chi connectivity index (χ0) is 19.5. The second-order valence-electron chi connectivity index (χ2n) is 7.32. The highest BCUT2D eigenvalue weighted by Crippen LogP contribution is 2.22. The van der Waals surface area contributed by atoms with E-state index in [0.717, 1.165) is 38.9 Å². The summed E-state index contributed by atoms with van der Waals surface area (Å²) in [6.45, 7) is 4.84. The Morgan fingerprint density at radius 1 is 1.25 bits per heavy atom. The second-order valence-corrected chi connectivity index (χ2v) is 7.32. The Morgan fingerprint density at radius 2 is 1.96 bits per heavy atom. The fourth-order valence-electron chi connectivity index (χ4n) is 3.94. The van der Waals surface area contributed by atoms with Crippen molar-refractivity contribution in [2.45, 2.75) is 32.2 Å².